The van der Waals surface area contributed by atoms with Crippen LogP contribution >= 0.6 is 0 Å². The van der Waals surface area contributed by atoms with Crippen LogP contribution in [0.2, 0.25) is 0 Å². The minimum atomic E-state index is -1.03. The number of hydrogen-bond acceptors (Lipinski definition) is 4. The minimum Gasteiger partial charge on any atom is -0.480 e. The number of rotatable bonds is 6. The van der Waals surface area contributed by atoms with Crippen LogP contribution in [-0.4, -0.2) is 78.9 Å². The molecule has 7 nitrogen and oxygen atoms in total. The SMILES string of the molecule is CCN1CCN(C(=O)NC(CCOC)C(=O)O)CC1C. The van der Waals surface area contributed by atoms with Gasteiger partial charge in [0.05, 0.1) is 0 Å². The van der Waals surface area contributed by atoms with Crippen molar-refractivity contribution in [3.05, 3.63) is 0 Å². The second-order valence-corrected chi connectivity index (χ2v) is 5.05. The zero-order valence-corrected chi connectivity index (χ0v) is 12.5. The topological polar surface area (TPSA) is 82.1 Å². The number of likely N-dealkylation sites (N-methyl/N-ethyl adjacent to an activating group) is 1. The number of carbonyl (C=O) groups is 2. The van der Waals surface area contributed by atoms with Crippen molar-refractivity contribution < 1.29 is 19.4 Å². The molecule has 0 aromatic rings. The minimum absolute atomic E-state index is 0.266. The van der Waals surface area contributed by atoms with Gasteiger partial charge in [-0.25, -0.2) is 9.59 Å². The molecule has 0 saturated carbocycles. The van der Waals surface area contributed by atoms with E-state index in [4.69, 9.17) is 9.84 Å². The third-order valence-corrected chi connectivity index (χ3v) is 3.66. The number of urea groups is 1. The van der Waals surface area contributed by atoms with E-state index in [1.807, 2.05) is 0 Å². The van der Waals surface area contributed by atoms with Crippen LogP contribution in [0, 0.1) is 0 Å². The lowest BCUT2D eigenvalue weighted by atomic mass is 10.2. The number of amides is 2. The van der Waals surface area contributed by atoms with Gasteiger partial charge in [-0.1, -0.05) is 6.92 Å². The summed E-state index contributed by atoms with van der Waals surface area (Å²) in [5, 5.41) is 11.6. The maximum Gasteiger partial charge on any atom is 0.326 e. The predicted octanol–water partition coefficient (Wildman–Crippen LogP) is 0.212. The Labute approximate surface area is 119 Å². The molecule has 2 N–H and O–H groups in total. The number of carboxylic acid groups (broad SMARTS) is 1. The molecule has 1 aliphatic rings. The maximum atomic E-state index is 12.1. The highest BCUT2D eigenvalue weighted by molar-refractivity contribution is 5.82. The van der Waals surface area contributed by atoms with Crippen LogP contribution in [0.15, 0.2) is 0 Å². The summed E-state index contributed by atoms with van der Waals surface area (Å²) in [7, 11) is 1.51. The fourth-order valence-corrected chi connectivity index (χ4v) is 2.38. The standard InChI is InChI=1S/C13H25N3O4/c1-4-15-6-7-16(9-10(15)2)13(19)14-11(12(17)18)5-8-20-3/h10-11H,4-9H2,1-3H3,(H,14,19)(H,17,18). The molecule has 0 aliphatic carbocycles. The first-order chi connectivity index (χ1) is 9.49. The molecule has 2 unspecified atom stereocenters. The van der Waals surface area contributed by atoms with Crippen molar-refractivity contribution in [2.75, 3.05) is 39.9 Å². The Morgan fingerprint density at radius 1 is 1.45 bits per heavy atom. The van der Waals surface area contributed by atoms with Gasteiger partial charge in [0.15, 0.2) is 0 Å². The molecule has 1 aliphatic heterocycles. The van der Waals surface area contributed by atoms with Crippen molar-refractivity contribution in [3.8, 4) is 0 Å². The number of aliphatic carboxylic acids is 1. The van der Waals surface area contributed by atoms with Crippen LogP contribution in [0.25, 0.3) is 0 Å². The molecule has 0 spiro atoms. The summed E-state index contributed by atoms with van der Waals surface area (Å²) in [6.07, 6.45) is 0.266. The molecule has 1 fully saturated rings. The second kappa shape index (κ2) is 8.06. The number of methoxy groups -OCH3 is 1. The fourth-order valence-electron chi connectivity index (χ4n) is 2.38. The highest BCUT2D eigenvalue weighted by atomic mass is 16.5. The van der Waals surface area contributed by atoms with E-state index < -0.39 is 12.0 Å². The summed E-state index contributed by atoms with van der Waals surface area (Å²) in [6, 6.07) is -0.917. The van der Waals surface area contributed by atoms with Crippen LogP contribution in [0.5, 0.6) is 0 Å². The van der Waals surface area contributed by atoms with Gasteiger partial charge in [-0.3, -0.25) is 4.90 Å². The van der Waals surface area contributed by atoms with E-state index >= 15 is 0 Å². The van der Waals surface area contributed by atoms with Gasteiger partial charge in [-0.05, 0) is 13.5 Å². The monoisotopic (exact) mass is 287 g/mol. The molecule has 2 atom stereocenters. The fraction of sp³-hybridized carbons (Fsp3) is 0.846. The normalized spacial score (nSPS) is 21.6. The molecular weight excluding hydrogens is 262 g/mol. The van der Waals surface area contributed by atoms with E-state index in [0.717, 1.165) is 13.1 Å². The Hall–Kier alpha value is -1.34. The van der Waals surface area contributed by atoms with Crippen LogP contribution < -0.4 is 5.32 Å². The first-order valence-electron chi connectivity index (χ1n) is 7.00. The van der Waals surface area contributed by atoms with E-state index in [1.54, 1.807) is 4.90 Å². The molecule has 1 saturated heterocycles. The molecule has 2 amide bonds. The summed E-state index contributed by atoms with van der Waals surface area (Å²) >= 11 is 0. The van der Waals surface area contributed by atoms with Crippen LogP contribution in [0.1, 0.15) is 20.3 Å². The maximum absolute atomic E-state index is 12.1. The van der Waals surface area contributed by atoms with Gasteiger partial charge in [0, 0.05) is 45.8 Å². The number of piperazine rings is 1. The lowest BCUT2D eigenvalue weighted by Crippen LogP contribution is -2.57. The lowest BCUT2D eigenvalue weighted by Gasteiger charge is -2.39. The average Bonchev–Trinajstić information content (AvgIpc) is 2.42. The van der Waals surface area contributed by atoms with Crippen molar-refractivity contribution >= 4 is 12.0 Å². The molecular formula is C13H25N3O4. The van der Waals surface area contributed by atoms with E-state index in [0.29, 0.717) is 25.7 Å². The number of nitrogens with zero attached hydrogens (tertiary/aromatic N) is 2. The average molecular weight is 287 g/mol. The van der Waals surface area contributed by atoms with Crippen LogP contribution in [0.3, 0.4) is 0 Å². The molecule has 0 aromatic heterocycles. The van der Waals surface area contributed by atoms with Gasteiger partial charge < -0.3 is 20.1 Å². The van der Waals surface area contributed by atoms with Crippen molar-refractivity contribution in [2.24, 2.45) is 0 Å². The van der Waals surface area contributed by atoms with E-state index in [9.17, 15) is 9.59 Å². The molecule has 7 heteroatoms. The number of hydrogen-bond donors (Lipinski definition) is 2. The van der Waals surface area contributed by atoms with Gasteiger partial charge in [-0.2, -0.15) is 0 Å². The molecule has 0 bridgehead atoms. The summed E-state index contributed by atoms with van der Waals surface area (Å²) in [5.41, 5.74) is 0. The first kappa shape index (κ1) is 16.7. The Kier molecular flexibility index (Phi) is 6.74. The number of carboxylic acids is 1. The summed E-state index contributed by atoms with van der Waals surface area (Å²) in [5.74, 6) is -1.03. The molecule has 20 heavy (non-hydrogen) atoms. The Balaban J connectivity index is 2.50. The van der Waals surface area contributed by atoms with Crippen LogP contribution in [-0.2, 0) is 9.53 Å². The van der Waals surface area contributed by atoms with Crippen molar-refractivity contribution in [3.63, 3.8) is 0 Å². The molecule has 0 aromatic carbocycles. The molecule has 116 valence electrons. The zero-order valence-electron chi connectivity index (χ0n) is 12.5. The first-order valence-corrected chi connectivity index (χ1v) is 7.00. The highest BCUT2D eigenvalue weighted by Crippen LogP contribution is 2.09. The summed E-state index contributed by atoms with van der Waals surface area (Å²) in [4.78, 5) is 27.2. The second-order valence-electron chi connectivity index (χ2n) is 5.05. The largest absolute Gasteiger partial charge is 0.480 e. The summed E-state index contributed by atoms with van der Waals surface area (Å²) < 4.78 is 4.86. The Morgan fingerprint density at radius 3 is 2.65 bits per heavy atom. The zero-order chi connectivity index (χ0) is 15.1. The Morgan fingerprint density at radius 2 is 2.15 bits per heavy atom. The van der Waals surface area contributed by atoms with Gasteiger partial charge in [0.1, 0.15) is 6.04 Å². The van der Waals surface area contributed by atoms with Crippen LogP contribution in [0.4, 0.5) is 4.79 Å². The van der Waals surface area contributed by atoms with Crippen molar-refractivity contribution in [1.29, 1.82) is 0 Å². The highest BCUT2D eigenvalue weighted by Gasteiger charge is 2.28. The predicted molar refractivity (Wildman–Crippen MR) is 74.7 cm³/mol. The third-order valence-electron chi connectivity index (χ3n) is 3.66. The van der Waals surface area contributed by atoms with Crippen molar-refractivity contribution in [1.82, 2.24) is 15.1 Å². The van der Waals surface area contributed by atoms with E-state index in [2.05, 4.69) is 24.1 Å². The van der Waals surface area contributed by atoms with Gasteiger partial charge in [0.2, 0.25) is 0 Å². The molecule has 1 heterocycles. The Bertz CT molecular complexity index is 338. The third kappa shape index (κ3) is 4.64. The van der Waals surface area contributed by atoms with E-state index in [1.165, 1.54) is 7.11 Å². The van der Waals surface area contributed by atoms with E-state index in [-0.39, 0.29) is 12.5 Å². The quantitative estimate of drug-likeness (QED) is 0.730. The smallest absolute Gasteiger partial charge is 0.326 e. The number of carbonyl (C=O) groups excluding carboxylic acids is 1. The molecule has 1 rings (SSSR count). The number of nitrogens with one attached hydrogen (secondary N) is 1. The van der Waals surface area contributed by atoms with Gasteiger partial charge in [-0.15, -0.1) is 0 Å². The van der Waals surface area contributed by atoms with Gasteiger partial charge >= 0.3 is 12.0 Å². The van der Waals surface area contributed by atoms with Crippen molar-refractivity contribution in [2.45, 2.75) is 32.4 Å². The molecule has 0 radical (unpaired) electrons. The van der Waals surface area contributed by atoms with Gasteiger partial charge in [0.25, 0.3) is 0 Å². The lowest BCUT2D eigenvalue weighted by molar-refractivity contribution is -0.139. The number of ether oxygens (including phenoxy) is 1. The summed E-state index contributed by atoms with van der Waals surface area (Å²) in [6.45, 7) is 7.50.